The van der Waals surface area contributed by atoms with Crippen molar-refractivity contribution in [3.8, 4) is 0 Å². The maximum absolute atomic E-state index is 12.1. The lowest BCUT2D eigenvalue weighted by Gasteiger charge is -2.04. The van der Waals surface area contributed by atoms with Gasteiger partial charge in [0.1, 0.15) is 9.09 Å². The summed E-state index contributed by atoms with van der Waals surface area (Å²) in [6.45, 7) is 4.16. The van der Waals surface area contributed by atoms with Gasteiger partial charge >= 0.3 is 5.97 Å². The van der Waals surface area contributed by atoms with Gasteiger partial charge in [0.2, 0.25) is 10.0 Å². The van der Waals surface area contributed by atoms with Crippen LogP contribution in [0.4, 0.5) is 0 Å². The van der Waals surface area contributed by atoms with E-state index in [-0.39, 0.29) is 9.09 Å². The van der Waals surface area contributed by atoms with Gasteiger partial charge in [0.05, 0.1) is 0 Å². The first-order valence-corrected chi connectivity index (χ1v) is 9.52. The number of carboxylic acid groups (broad SMARTS) is 1. The molecule has 0 aliphatic carbocycles. The molecule has 0 atom stereocenters. The zero-order valence-electron chi connectivity index (χ0n) is 12.5. The number of aryl methyl sites for hydroxylation is 1. The Bertz CT molecular complexity index is 564. The highest BCUT2D eigenvalue weighted by atomic mass is 32.2. The molecule has 1 heterocycles. The Hall–Kier alpha value is -0.920. The minimum Gasteiger partial charge on any atom is -0.477 e. The zero-order chi connectivity index (χ0) is 15.9. The first kappa shape index (κ1) is 18.1. The van der Waals surface area contributed by atoms with Crippen LogP contribution < -0.4 is 4.72 Å². The Kier molecular flexibility index (Phi) is 7.34. The molecule has 0 bridgehead atoms. The molecule has 0 saturated carbocycles. The molecule has 0 fully saturated rings. The second kappa shape index (κ2) is 8.51. The number of hydrogen-bond donors (Lipinski definition) is 2. The fourth-order valence-electron chi connectivity index (χ4n) is 1.98. The van der Waals surface area contributed by atoms with Crippen LogP contribution in [0.5, 0.6) is 0 Å². The van der Waals surface area contributed by atoms with Crippen molar-refractivity contribution in [2.24, 2.45) is 0 Å². The predicted molar refractivity (Wildman–Crippen MR) is 84.6 cm³/mol. The Balaban J connectivity index is 2.47. The summed E-state index contributed by atoms with van der Waals surface area (Å²) in [6.07, 6.45) is 6.53. The Morgan fingerprint density at radius 2 is 1.86 bits per heavy atom. The quantitative estimate of drug-likeness (QED) is 0.643. The number of aromatic carboxylic acids is 1. The highest BCUT2D eigenvalue weighted by molar-refractivity contribution is 7.91. The van der Waals surface area contributed by atoms with Gasteiger partial charge in [0.25, 0.3) is 0 Å². The van der Waals surface area contributed by atoms with E-state index in [9.17, 15) is 13.2 Å². The summed E-state index contributed by atoms with van der Waals surface area (Å²) in [6, 6.07) is 1.41. The minimum absolute atomic E-state index is 0.0726. The van der Waals surface area contributed by atoms with Gasteiger partial charge < -0.3 is 5.11 Å². The monoisotopic (exact) mass is 333 g/mol. The van der Waals surface area contributed by atoms with Gasteiger partial charge in [-0.05, 0) is 25.0 Å². The summed E-state index contributed by atoms with van der Waals surface area (Å²) in [5, 5.41) is 8.96. The first-order chi connectivity index (χ1) is 9.88. The zero-order valence-corrected chi connectivity index (χ0v) is 14.1. The average molecular weight is 333 g/mol. The van der Waals surface area contributed by atoms with E-state index in [4.69, 9.17) is 5.11 Å². The van der Waals surface area contributed by atoms with Gasteiger partial charge in [-0.1, -0.05) is 39.0 Å². The van der Waals surface area contributed by atoms with E-state index in [1.165, 1.54) is 25.3 Å². The molecule has 2 N–H and O–H groups in total. The molecule has 0 radical (unpaired) electrons. The number of rotatable bonds is 10. The normalized spacial score (nSPS) is 11.7. The molecular formula is C14H23NO4S2. The van der Waals surface area contributed by atoms with Crippen molar-refractivity contribution in [3.05, 3.63) is 16.5 Å². The number of thiophene rings is 1. The second-order valence-corrected chi connectivity index (χ2v) is 8.09. The van der Waals surface area contributed by atoms with E-state index in [1.807, 2.05) is 0 Å². The van der Waals surface area contributed by atoms with Gasteiger partial charge in [-0.3, -0.25) is 0 Å². The van der Waals surface area contributed by atoms with Crippen LogP contribution in [0.2, 0.25) is 0 Å². The SMILES string of the molecule is CCCCCCCCNS(=O)(=O)c1cc(C)c(C(=O)O)s1. The number of hydrogen-bond acceptors (Lipinski definition) is 4. The molecule has 120 valence electrons. The van der Waals surface area contributed by atoms with E-state index in [0.717, 1.165) is 30.6 Å². The summed E-state index contributed by atoms with van der Waals surface area (Å²) in [7, 11) is -3.59. The number of nitrogens with one attached hydrogen (secondary N) is 1. The first-order valence-electron chi connectivity index (χ1n) is 7.22. The van der Waals surface area contributed by atoms with Crippen molar-refractivity contribution in [1.29, 1.82) is 0 Å². The van der Waals surface area contributed by atoms with E-state index in [2.05, 4.69) is 11.6 Å². The van der Waals surface area contributed by atoms with Crippen LogP contribution >= 0.6 is 11.3 Å². The van der Waals surface area contributed by atoms with E-state index < -0.39 is 16.0 Å². The molecule has 1 aromatic heterocycles. The fourth-order valence-corrected chi connectivity index (χ4v) is 4.48. The van der Waals surface area contributed by atoms with E-state index >= 15 is 0 Å². The molecule has 7 heteroatoms. The van der Waals surface area contributed by atoms with Crippen LogP contribution in [0.1, 0.15) is 60.7 Å². The summed E-state index contributed by atoms with van der Waals surface area (Å²) in [4.78, 5) is 11.0. The van der Waals surface area contributed by atoms with Crippen molar-refractivity contribution >= 4 is 27.3 Å². The van der Waals surface area contributed by atoms with Crippen LogP contribution in [0, 0.1) is 6.92 Å². The summed E-state index contributed by atoms with van der Waals surface area (Å²) >= 11 is 0.799. The summed E-state index contributed by atoms with van der Waals surface area (Å²) in [5.74, 6) is -1.09. The van der Waals surface area contributed by atoms with Gasteiger partial charge in [0.15, 0.2) is 0 Å². The molecule has 0 aromatic carbocycles. The molecule has 21 heavy (non-hydrogen) atoms. The van der Waals surface area contributed by atoms with Crippen LogP contribution in [-0.4, -0.2) is 26.0 Å². The highest BCUT2D eigenvalue weighted by Crippen LogP contribution is 2.25. The molecular weight excluding hydrogens is 310 g/mol. The van der Waals surface area contributed by atoms with Gasteiger partial charge in [0, 0.05) is 6.54 Å². The minimum atomic E-state index is -3.59. The van der Waals surface area contributed by atoms with Gasteiger partial charge in [-0.15, -0.1) is 11.3 Å². The van der Waals surface area contributed by atoms with Crippen molar-refractivity contribution in [2.45, 2.75) is 56.6 Å². The third-order valence-corrected chi connectivity index (χ3v) is 6.34. The molecule has 5 nitrogen and oxygen atoms in total. The van der Waals surface area contributed by atoms with Crippen molar-refractivity contribution in [3.63, 3.8) is 0 Å². The van der Waals surface area contributed by atoms with Crippen LogP contribution in [0.15, 0.2) is 10.3 Å². The lowest BCUT2D eigenvalue weighted by atomic mass is 10.1. The Morgan fingerprint density at radius 1 is 1.24 bits per heavy atom. The van der Waals surface area contributed by atoms with Crippen molar-refractivity contribution in [2.75, 3.05) is 6.54 Å². The molecule has 0 unspecified atom stereocenters. The number of unbranched alkanes of at least 4 members (excludes halogenated alkanes) is 5. The molecule has 1 aromatic rings. The molecule has 0 saturated heterocycles. The molecule has 0 aliphatic heterocycles. The topological polar surface area (TPSA) is 83.5 Å². The lowest BCUT2D eigenvalue weighted by molar-refractivity contribution is 0.0701. The highest BCUT2D eigenvalue weighted by Gasteiger charge is 2.21. The molecule has 0 spiro atoms. The lowest BCUT2D eigenvalue weighted by Crippen LogP contribution is -2.24. The van der Waals surface area contributed by atoms with Gasteiger partial charge in [-0.25, -0.2) is 17.9 Å². The Morgan fingerprint density at radius 3 is 2.43 bits per heavy atom. The summed E-state index contributed by atoms with van der Waals surface area (Å²) in [5.41, 5.74) is 0.479. The summed E-state index contributed by atoms with van der Waals surface area (Å²) < 4.78 is 26.7. The van der Waals surface area contributed by atoms with E-state index in [1.54, 1.807) is 6.92 Å². The number of carboxylic acids is 1. The molecule has 0 amide bonds. The Labute approximate surface area is 130 Å². The fraction of sp³-hybridized carbons (Fsp3) is 0.643. The average Bonchev–Trinajstić information content (AvgIpc) is 2.81. The van der Waals surface area contributed by atoms with Crippen LogP contribution in [0.25, 0.3) is 0 Å². The van der Waals surface area contributed by atoms with Gasteiger partial charge in [-0.2, -0.15) is 0 Å². The molecule has 0 aliphatic rings. The maximum Gasteiger partial charge on any atom is 0.346 e. The number of carbonyl (C=O) groups is 1. The third-order valence-electron chi connectivity index (χ3n) is 3.18. The smallest absolute Gasteiger partial charge is 0.346 e. The van der Waals surface area contributed by atoms with Crippen LogP contribution in [0.3, 0.4) is 0 Å². The largest absolute Gasteiger partial charge is 0.477 e. The molecule has 1 rings (SSSR count). The van der Waals surface area contributed by atoms with E-state index in [0.29, 0.717) is 12.1 Å². The standard InChI is InChI=1S/C14H23NO4S2/c1-3-4-5-6-7-8-9-15-21(18,19)12-10-11(2)13(20-12)14(16)17/h10,15H,3-9H2,1-2H3,(H,16,17). The van der Waals surface area contributed by atoms with Crippen molar-refractivity contribution in [1.82, 2.24) is 4.72 Å². The second-order valence-electron chi connectivity index (χ2n) is 5.05. The third kappa shape index (κ3) is 5.76. The van der Waals surface area contributed by atoms with Crippen molar-refractivity contribution < 1.29 is 18.3 Å². The maximum atomic E-state index is 12.1. The number of sulfonamides is 1. The van der Waals surface area contributed by atoms with Crippen LogP contribution in [-0.2, 0) is 10.0 Å². The predicted octanol–water partition coefficient (Wildman–Crippen LogP) is 3.39.